The molecule has 1 amide bonds. The van der Waals surface area contributed by atoms with E-state index in [1.165, 1.54) is 0 Å². The molecule has 0 radical (unpaired) electrons. The largest absolute Gasteiger partial charge is 0.396 e. The Bertz CT molecular complexity index is 221. The molecule has 0 aromatic rings. The van der Waals surface area contributed by atoms with Gasteiger partial charge in [-0.3, -0.25) is 4.79 Å². The fourth-order valence-electron chi connectivity index (χ4n) is 1.16. The van der Waals surface area contributed by atoms with Gasteiger partial charge in [0.05, 0.1) is 5.75 Å². The summed E-state index contributed by atoms with van der Waals surface area (Å²) in [5.41, 5.74) is 0. The number of aliphatic hydroxyl groups excluding tert-OH is 1. The maximum absolute atomic E-state index is 11.8. The average Bonchev–Trinajstić information content (AvgIpc) is 2.26. The highest BCUT2D eigenvalue weighted by Gasteiger charge is 2.12. The van der Waals surface area contributed by atoms with Crippen LogP contribution in [0, 0.1) is 0 Å². The first-order valence-corrected chi connectivity index (χ1v) is 6.42. The highest BCUT2D eigenvalue weighted by molar-refractivity contribution is 8.00. The molecule has 3 nitrogen and oxygen atoms in total. The van der Waals surface area contributed by atoms with Gasteiger partial charge in [0, 0.05) is 24.9 Å². The molecule has 16 heavy (non-hydrogen) atoms. The van der Waals surface area contributed by atoms with Crippen molar-refractivity contribution < 1.29 is 9.90 Å². The van der Waals surface area contributed by atoms with Crippen molar-refractivity contribution >= 4 is 17.7 Å². The van der Waals surface area contributed by atoms with E-state index < -0.39 is 0 Å². The third kappa shape index (κ3) is 6.69. The number of hydrogen-bond donors (Lipinski definition) is 1. The zero-order chi connectivity index (χ0) is 12.4. The highest BCUT2D eigenvalue weighted by Crippen LogP contribution is 2.14. The Kier molecular flexibility index (Phi) is 9.04. The Labute approximate surface area is 102 Å². The monoisotopic (exact) mass is 243 g/mol. The van der Waals surface area contributed by atoms with Gasteiger partial charge in [0.25, 0.3) is 0 Å². The van der Waals surface area contributed by atoms with Crippen LogP contribution in [0.4, 0.5) is 0 Å². The molecule has 0 heterocycles. The first-order valence-electron chi connectivity index (χ1n) is 5.37. The quantitative estimate of drug-likeness (QED) is 0.627. The van der Waals surface area contributed by atoms with E-state index in [4.69, 9.17) is 5.11 Å². The van der Waals surface area contributed by atoms with Crippen LogP contribution >= 0.6 is 11.8 Å². The molecule has 0 rings (SSSR count). The summed E-state index contributed by atoms with van der Waals surface area (Å²) in [5, 5.41) is 9.05. The Morgan fingerprint density at radius 3 is 2.44 bits per heavy atom. The van der Waals surface area contributed by atoms with Crippen molar-refractivity contribution in [3.8, 4) is 0 Å². The zero-order valence-corrected chi connectivity index (χ0v) is 10.7. The summed E-state index contributed by atoms with van der Waals surface area (Å²) in [7, 11) is 0. The Balaban J connectivity index is 3.99. The van der Waals surface area contributed by atoms with Crippen LogP contribution in [-0.4, -0.2) is 46.6 Å². The minimum absolute atomic E-state index is 0.0922. The summed E-state index contributed by atoms with van der Waals surface area (Å²) in [5.74, 6) is 0.539. The fourth-order valence-corrected chi connectivity index (χ4v) is 2.04. The summed E-state index contributed by atoms with van der Waals surface area (Å²) >= 11 is 1.57. The Morgan fingerprint density at radius 1 is 1.44 bits per heavy atom. The second-order valence-electron chi connectivity index (χ2n) is 3.51. The van der Waals surface area contributed by atoms with Crippen LogP contribution in [0.2, 0.25) is 0 Å². The van der Waals surface area contributed by atoms with E-state index in [9.17, 15) is 4.79 Å². The zero-order valence-electron chi connectivity index (χ0n) is 9.89. The predicted octanol–water partition coefficient (Wildman–Crippen LogP) is 1.69. The van der Waals surface area contributed by atoms with Crippen LogP contribution in [-0.2, 0) is 4.79 Å². The molecule has 0 saturated carbocycles. The summed E-state index contributed by atoms with van der Waals surface area (Å²) in [6.45, 7) is 10.5. The number of carbonyl (C=O) groups excluding carboxylic acids is 1. The molecule has 0 aliphatic heterocycles. The lowest BCUT2D eigenvalue weighted by Crippen LogP contribution is -2.33. The topological polar surface area (TPSA) is 40.5 Å². The number of aliphatic hydroxyl groups is 1. The van der Waals surface area contributed by atoms with E-state index >= 15 is 0 Å². The van der Waals surface area contributed by atoms with Crippen molar-refractivity contribution in [1.82, 2.24) is 4.90 Å². The second kappa shape index (κ2) is 9.48. The van der Waals surface area contributed by atoms with Gasteiger partial charge in [-0.15, -0.1) is 24.9 Å². The lowest BCUT2D eigenvalue weighted by atomic mass is 10.3. The first kappa shape index (κ1) is 15.3. The van der Waals surface area contributed by atoms with Crippen LogP contribution < -0.4 is 0 Å². The fraction of sp³-hybridized carbons (Fsp3) is 0.583. The number of thioether (sulfide) groups is 1. The van der Waals surface area contributed by atoms with Crippen molar-refractivity contribution in [2.75, 3.05) is 25.4 Å². The molecule has 1 N–H and O–H groups in total. The van der Waals surface area contributed by atoms with E-state index in [1.807, 2.05) is 6.92 Å². The van der Waals surface area contributed by atoms with Crippen LogP contribution in [0.3, 0.4) is 0 Å². The molecule has 0 aliphatic rings. The van der Waals surface area contributed by atoms with Crippen LogP contribution in [0.15, 0.2) is 25.3 Å². The molecule has 0 bridgehead atoms. The number of rotatable bonds is 9. The number of nitrogens with zero attached hydrogens (tertiary/aromatic N) is 1. The maximum atomic E-state index is 11.8. The maximum Gasteiger partial charge on any atom is 0.233 e. The molecule has 92 valence electrons. The number of amides is 1. The van der Waals surface area contributed by atoms with Crippen LogP contribution in [0.1, 0.15) is 13.3 Å². The van der Waals surface area contributed by atoms with Crippen molar-refractivity contribution in [1.29, 1.82) is 0 Å². The van der Waals surface area contributed by atoms with Crippen molar-refractivity contribution in [3.63, 3.8) is 0 Å². The Hall–Kier alpha value is -0.740. The SMILES string of the molecule is C=CCN(CC=C)C(=O)CSC(C)CCO. The van der Waals surface area contributed by atoms with Gasteiger partial charge in [-0.1, -0.05) is 19.1 Å². The molecule has 0 spiro atoms. The minimum atomic E-state index is 0.0922. The van der Waals surface area contributed by atoms with Gasteiger partial charge in [0.1, 0.15) is 0 Å². The smallest absolute Gasteiger partial charge is 0.233 e. The summed E-state index contributed by atoms with van der Waals surface area (Å²) in [6.07, 6.45) is 4.15. The van der Waals surface area contributed by atoms with Gasteiger partial charge in [-0.05, 0) is 6.42 Å². The number of hydrogen-bond acceptors (Lipinski definition) is 3. The molecular formula is C12H21NO2S. The normalized spacial score (nSPS) is 11.9. The molecule has 0 saturated heterocycles. The molecule has 1 unspecified atom stereocenters. The van der Waals surface area contributed by atoms with E-state index in [-0.39, 0.29) is 12.5 Å². The van der Waals surface area contributed by atoms with Crippen molar-refractivity contribution in [3.05, 3.63) is 25.3 Å². The lowest BCUT2D eigenvalue weighted by Gasteiger charge is -2.20. The molecule has 0 aliphatic carbocycles. The van der Waals surface area contributed by atoms with E-state index in [0.717, 1.165) is 6.42 Å². The molecule has 4 heteroatoms. The van der Waals surface area contributed by atoms with Gasteiger partial charge >= 0.3 is 0 Å². The van der Waals surface area contributed by atoms with E-state index in [1.54, 1.807) is 28.8 Å². The van der Waals surface area contributed by atoms with Crippen molar-refractivity contribution in [2.45, 2.75) is 18.6 Å². The second-order valence-corrected chi connectivity index (χ2v) is 4.94. The molecular weight excluding hydrogens is 222 g/mol. The number of carbonyl (C=O) groups is 1. The van der Waals surface area contributed by atoms with Gasteiger partial charge in [0.2, 0.25) is 5.91 Å². The average molecular weight is 243 g/mol. The third-order valence-corrected chi connectivity index (χ3v) is 3.30. The van der Waals surface area contributed by atoms with Crippen LogP contribution in [0.5, 0.6) is 0 Å². The highest BCUT2D eigenvalue weighted by atomic mass is 32.2. The summed E-state index contributed by atoms with van der Waals surface area (Å²) < 4.78 is 0. The first-order chi connectivity index (χ1) is 7.65. The third-order valence-electron chi connectivity index (χ3n) is 2.08. The van der Waals surface area contributed by atoms with Crippen molar-refractivity contribution in [2.24, 2.45) is 0 Å². The standard InChI is InChI=1S/C12H21NO2S/c1-4-7-13(8-5-2)12(15)10-16-11(3)6-9-14/h4-5,11,14H,1-2,6-10H2,3H3. The molecule has 0 aromatic heterocycles. The molecule has 0 fully saturated rings. The lowest BCUT2D eigenvalue weighted by molar-refractivity contribution is -0.127. The summed E-state index contributed by atoms with van der Waals surface area (Å²) in [4.78, 5) is 13.5. The minimum Gasteiger partial charge on any atom is -0.396 e. The van der Waals surface area contributed by atoms with Crippen LogP contribution in [0.25, 0.3) is 0 Å². The summed E-state index contributed by atoms with van der Waals surface area (Å²) in [6, 6.07) is 0. The van der Waals surface area contributed by atoms with Gasteiger partial charge in [0.15, 0.2) is 0 Å². The van der Waals surface area contributed by atoms with Gasteiger partial charge in [-0.2, -0.15) is 0 Å². The Morgan fingerprint density at radius 2 is 2.00 bits per heavy atom. The van der Waals surface area contributed by atoms with Gasteiger partial charge < -0.3 is 10.0 Å². The van der Waals surface area contributed by atoms with E-state index in [2.05, 4.69) is 13.2 Å². The molecule has 0 aromatic carbocycles. The molecule has 1 atom stereocenters. The van der Waals surface area contributed by atoms with E-state index in [0.29, 0.717) is 24.1 Å². The van der Waals surface area contributed by atoms with Gasteiger partial charge in [-0.25, -0.2) is 0 Å². The predicted molar refractivity (Wildman–Crippen MR) is 70.6 cm³/mol.